The molecule has 12 nitrogen and oxygen atoms in total. The van der Waals surface area contributed by atoms with Crippen molar-refractivity contribution in [1.82, 2.24) is 14.1 Å². The summed E-state index contributed by atoms with van der Waals surface area (Å²) in [5, 5.41) is 9.58. The van der Waals surface area contributed by atoms with Gasteiger partial charge >= 0.3 is 0 Å². The molecule has 228 valence electrons. The zero-order valence-corrected chi connectivity index (χ0v) is 24.6. The molecule has 1 saturated heterocycles. The van der Waals surface area contributed by atoms with Gasteiger partial charge in [0.1, 0.15) is 5.75 Å². The summed E-state index contributed by atoms with van der Waals surface area (Å²) in [5.74, 6) is 1.63. The third-order valence-electron chi connectivity index (χ3n) is 7.57. The molecule has 0 radical (unpaired) electrons. The molecule has 2 atom stereocenters. The second-order valence-electron chi connectivity index (χ2n) is 10.3. The second kappa shape index (κ2) is 13.3. The first-order valence-corrected chi connectivity index (χ1v) is 15.3. The number of aliphatic hydroxyl groups excluding tert-OH is 1. The maximum atomic E-state index is 13.5. The van der Waals surface area contributed by atoms with Crippen molar-refractivity contribution in [3.63, 3.8) is 0 Å². The number of rotatable bonds is 11. The minimum Gasteiger partial charge on any atom is -0.497 e. The van der Waals surface area contributed by atoms with E-state index in [1.165, 1.54) is 23.5 Å². The summed E-state index contributed by atoms with van der Waals surface area (Å²) in [6, 6.07) is 11.7. The number of carbonyl (C=O) groups is 1. The molecule has 1 N–H and O–H groups in total. The van der Waals surface area contributed by atoms with E-state index in [9.17, 15) is 18.3 Å². The molecule has 1 amide bonds. The van der Waals surface area contributed by atoms with Gasteiger partial charge in [0.05, 0.1) is 25.2 Å². The highest BCUT2D eigenvalue weighted by Crippen LogP contribution is 2.38. The summed E-state index contributed by atoms with van der Waals surface area (Å²) in [6.45, 7) is 2.40. The number of benzene rings is 2. The summed E-state index contributed by atoms with van der Waals surface area (Å²) in [4.78, 5) is 17.5. The summed E-state index contributed by atoms with van der Waals surface area (Å²) in [6.07, 6.45) is 1.44. The van der Waals surface area contributed by atoms with Gasteiger partial charge in [-0.1, -0.05) is 6.07 Å². The molecule has 0 aliphatic carbocycles. The summed E-state index contributed by atoms with van der Waals surface area (Å²) < 4.78 is 56.0. The Labute approximate surface area is 246 Å². The minimum absolute atomic E-state index is 0.0100. The number of piperazine rings is 1. The van der Waals surface area contributed by atoms with E-state index in [0.717, 1.165) is 18.7 Å². The number of allylic oxidation sites excluding steroid dienone is 1. The predicted octanol–water partition coefficient (Wildman–Crippen LogP) is 1.61. The molecule has 3 heterocycles. The highest BCUT2D eigenvalue weighted by atomic mass is 32.2. The van der Waals surface area contributed by atoms with E-state index in [-0.39, 0.29) is 55.6 Å². The van der Waals surface area contributed by atoms with Crippen molar-refractivity contribution in [2.24, 2.45) is 0 Å². The van der Waals surface area contributed by atoms with E-state index in [1.54, 1.807) is 17.0 Å². The van der Waals surface area contributed by atoms with E-state index in [2.05, 4.69) is 4.90 Å². The van der Waals surface area contributed by atoms with Crippen LogP contribution < -0.4 is 14.2 Å². The molecular weight excluding hydrogens is 566 g/mol. The van der Waals surface area contributed by atoms with Gasteiger partial charge in [0.15, 0.2) is 17.3 Å². The molecule has 0 aromatic heterocycles. The first kappa shape index (κ1) is 30.1. The van der Waals surface area contributed by atoms with Gasteiger partial charge in [0.2, 0.25) is 23.1 Å². The van der Waals surface area contributed by atoms with Gasteiger partial charge < -0.3 is 38.6 Å². The number of amides is 1. The number of hydrogen-bond acceptors (Lipinski definition) is 10. The number of fused-ring (bicyclic) bond motifs is 1. The van der Waals surface area contributed by atoms with Crippen molar-refractivity contribution >= 4 is 15.9 Å². The number of likely N-dealkylation sites (N-methyl/N-ethyl adjacent to an activating group) is 1. The van der Waals surface area contributed by atoms with Crippen molar-refractivity contribution < 1.29 is 42.0 Å². The Morgan fingerprint density at radius 3 is 2.50 bits per heavy atom. The molecule has 1 fully saturated rings. The quantitative estimate of drug-likeness (QED) is 0.405. The lowest BCUT2D eigenvalue weighted by Gasteiger charge is -2.35. The highest BCUT2D eigenvalue weighted by Gasteiger charge is 2.33. The van der Waals surface area contributed by atoms with Crippen LogP contribution in [0.25, 0.3) is 0 Å². The summed E-state index contributed by atoms with van der Waals surface area (Å²) in [5.41, 5.74) is 0.920. The lowest BCUT2D eigenvalue weighted by atomic mass is 9.92. The third-order valence-corrected chi connectivity index (χ3v) is 9.49. The first-order valence-electron chi connectivity index (χ1n) is 13.9. The molecule has 0 saturated carbocycles. The number of sulfonamides is 1. The highest BCUT2D eigenvalue weighted by molar-refractivity contribution is 7.89. The fourth-order valence-corrected chi connectivity index (χ4v) is 6.51. The zero-order valence-electron chi connectivity index (χ0n) is 23.8. The van der Waals surface area contributed by atoms with Crippen molar-refractivity contribution in [3.8, 4) is 17.2 Å². The van der Waals surface area contributed by atoms with Crippen LogP contribution in [0.2, 0.25) is 0 Å². The number of aliphatic hydroxyl groups is 1. The van der Waals surface area contributed by atoms with Crippen LogP contribution in [-0.4, -0.2) is 113 Å². The Morgan fingerprint density at radius 2 is 1.79 bits per heavy atom. The summed E-state index contributed by atoms with van der Waals surface area (Å²) >= 11 is 0. The number of hydrogen-bond donors (Lipinski definition) is 1. The van der Waals surface area contributed by atoms with Gasteiger partial charge in [-0.3, -0.25) is 4.79 Å². The molecule has 42 heavy (non-hydrogen) atoms. The Kier molecular flexibility index (Phi) is 9.53. The number of carbonyl (C=O) groups excluding carboxylic acids is 1. The SMILES string of the molecule is COc1ccc(S(=O)(=O)N(CCO)CCO[C@@H]2C[C@H](c3ccc4c(c3)OCO4)C=C(C(=O)N3CCN(C)CC3)O2)cc1. The second-order valence-corrected chi connectivity index (χ2v) is 12.2. The third kappa shape index (κ3) is 6.81. The van der Waals surface area contributed by atoms with E-state index >= 15 is 0 Å². The molecule has 3 aliphatic heterocycles. The van der Waals surface area contributed by atoms with Gasteiger partial charge in [-0.15, -0.1) is 0 Å². The van der Waals surface area contributed by atoms with Crippen molar-refractivity contribution in [2.45, 2.75) is 23.5 Å². The Balaban J connectivity index is 1.30. The van der Waals surface area contributed by atoms with E-state index in [4.69, 9.17) is 23.7 Å². The molecule has 0 bridgehead atoms. The van der Waals surface area contributed by atoms with E-state index in [1.807, 2.05) is 31.3 Å². The van der Waals surface area contributed by atoms with Gasteiger partial charge in [0, 0.05) is 51.6 Å². The minimum atomic E-state index is -3.90. The largest absolute Gasteiger partial charge is 0.497 e. The molecule has 13 heteroatoms. The van der Waals surface area contributed by atoms with Crippen LogP contribution in [0.4, 0.5) is 0 Å². The maximum Gasteiger partial charge on any atom is 0.288 e. The van der Waals surface area contributed by atoms with Crippen LogP contribution in [0.3, 0.4) is 0 Å². The van der Waals surface area contributed by atoms with Crippen LogP contribution in [0, 0.1) is 0 Å². The number of ether oxygens (including phenoxy) is 5. The van der Waals surface area contributed by atoms with Gasteiger partial charge in [-0.25, -0.2) is 8.42 Å². The van der Waals surface area contributed by atoms with E-state index in [0.29, 0.717) is 36.8 Å². The predicted molar refractivity (Wildman–Crippen MR) is 152 cm³/mol. The average molecular weight is 604 g/mol. The Bertz CT molecular complexity index is 1380. The van der Waals surface area contributed by atoms with E-state index < -0.39 is 16.3 Å². The van der Waals surface area contributed by atoms with Crippen molar-refractivity contribution in [3.05, 3.63) is 59.9 Å². The lowest BCUT2D eigenvalue weighted by Crippen LogP contribution is -2.48. The fourth-order valence-electron chi connectivity index (χ4n) is 5.10. The normalized spacial score (nSPS) is 20.8. The van der Waals surface area contributed by atoms with Crippen LogP contribution in [0.5, 0.6) is 17.2 Å². The van der Waals surface area contributed by atoms with Crippen LogP contribution in [0.15, 0.2) is 59.2 Å². The van der Waals surface area contributed by atoms with Crippen molar-refractivity contribution in [1.29, 1.82) is 0 Å². The smallest absolute Gasteiger partial charge is 0.288 e. The lowest BCUT2D eigenvalue weighted by molar-refractivity contribution is -0.153. The van der Waals surface area contributed by atoms with Crippen LogP contribution >= 0.6 is 0 Å². The molecule has 0 spiro atoms. The fraction of sp³-hybridized carbons (Fsp3) is 0.483. The molecule has 5 rings (SSSR count). The van der Waals surface area contributed by atoms with Gasteiger partial charge in [-0.2, -0.15) is 4.31 Å². The monoisotopic (exact) mass is 603 g/mol. The molecule has 0 unspecified atom stereocenters. The molecule has 3 aliphatic rings. The Morgan fingerprint density at radius 1 is 1.05 bits per heavy atom. The molecular formula is C29H37N3O9S. The average Bonchev–Trinajstić information content (AvgIpc) is 3.49. The van der Waals surface area contributed by atoms with Gasteiger partial charge in [0.25, 0.3) is 5.91 Å². The van der Waals surface area contributed by atoms with Crippen LogP contribution in [0.1, 0.15) is 17.9 Å². The maximum absolute atomic E-state index is 13.5. The first-order chi connectivity index (χ1) is 20.3. The summed E-state index contributed by atoms with van der Waals surface area (Å²) in [7, 11) is -0.376. The topological polar surface area (TPSA) is 127 Å². The number of methoxy groups -OCH3 is 1. The Hall–Kier alpha value is -3.36. The molecule has 2 aromatic carbocycles. The standard InChI is InChI=1S/C29H37N3O9S/c1-30-9-11-31(12-10-30)29(34)27-18-22(21-3-8-25-26(17-21)40-20-39-25)19-28(41-27)38-16-14-32(13-15-33)42(35,36)24-6-4-23(37-2)5-7-24/h3-8,17-18,22,28,33H,9-16,19-20H2,1-2H3/t22-,28+/m1/s1. The van der Waals surface area contributed by atoms with Crippen LogP contribution in [-0.2, 0) is 24.3 Å². The van der Waals surface area contributed by atoms with Crippen molar-refractivity contribution in [2.75, 3.05) is 73.4 Å². The molecule has 2 aromatic rings. The number of nitrogens with zero attached hydrogens (tertiary/aromatic N) is 3. The van der Waals surface area contributed by atoms with Gasteiger partial charge in [-0.05, 0) is 55.1 Å². The zero-order chi connectivity index (χ0) is 29.7.